The molecule has 1 atom stereocenters. The number of halogens is 1. The highest BCUT2D eigenvalue weighted by atomic mass is 35.5. The molecule has 0 bridgehead atoms. The third-order valence-corrected chi connectivity index (χ3v) is 4.51. The summed E-state index contributed by atoms with van der Waals surface area (Å²) in [5, 5.41) is 13.4. The number of phenols is 1. The first-order valence-electron chi connectivity index (χ1n) is 7.17. The summed E-state index contributed by atoms with van der Waals surface area (Å²) in [5.41, 5.74) is 1.25. The number of hydrogen-bond donors (Lipinski definition) is 2. The number of phenolic OH excluding ortho intramolecular Hbond substituents is 1. The molecule has 1 heterocycles. The molecule has 1 aromatic carbocycles. The quantitative estimate of drug-likeness (QED) is 0.890. The van der Waals surface area contributed by atoms with Gasteiger partial charge in [-0.1, -0.05) is 30.5 Å². The van der Waals surface area contributed by atoms with Gasteiger partial charge in [0, 0.05) is 32.2 Å². The van der Waals surface area contributed by atoms with Gasteiger partial charge in [0.25, 0.3) is 0 Å². The van der Waals surface area contributed by atoms with Crippen LogP contribution in [0.5, 0.6) is 5.75 Å². The van der Waals surface area contributed by atoms with Crippen LogP contribution in [-0.2, 0) is 0 Å². The first kappa shape index (κ1) is 13.2. The van der Waals surface area contributed by atoms with Crippen LogP contribution in [0.1, 0.15) is 30.9 Å². The maximum Gasteiger partial charge on any atom is 0.134 e. The van der Waals surface area contributed by atoms with Crippen molar-refractivity contribution in [2.24, 2.45) is 5.92 Å². The number of hydrogen-bond acceptors (Lipinski definition) is 3. The van der Waals surface area contributed by atoms with Crippen LogP contribution in [0.2, 0.25) is 5.02 Å². The summed E-state index contributed by atoms with van der Waals surface area (Å²) in [5.74, 6) is 1.06. The van der Waals surface area contributed by atoms with Crippen molar-refractivity contribution < 1.29 is 5.11 Å². The van der Waals surface area contributed by atoms with Gasteiger partial charge < -0.3 is 10.4 Å². The van der Waals surface area contributed by atoms with Crippen LogP contribution in [0, 0.1) is 5.92 Å². The van der Waals surface area contributed by atoms with Crippen molar-refractivity contribution >= 4 is 11.6 Å². The smallest absolute Gasteiger partial charge is 0.134 e. The molecule has 2 fully saturated rings. The Balaban J connectivity index is 1.81. The van der Waals surface area contributed by atoms with E-state index in [2.05, 4.69) is 10.2 Å². The molecule has 2 aliphatic rings. The number of aromatic hydroxyl groups is 1. The summed E-state index contributed by atoms with van der Waals surface area (Å²) in [6.07, 6.45) is 3.96. The van der Waals surface area contributed by atoms with Gasteiger partial charge in [0.15, 0.2) is 0 Å². The van der Waals surface area contributed by atoms with Gasteiger partial charge in [0.2, 0.25) is 0 Å². The summed E-state index contributed by atoms with van der Waals surface area (Å²) in [6, 6.07) is 6.13. The van der Waals surface area contributed by atoms with Crippen LogP contribution in [0.25, 0.3) is 0 Å². The molecule has 0 radical (unpaired) electrons. The Kier molecular flexibility index (Phi) is 3.96. The van der Waals surface area contributed by atoms with Crippen molar-refractivity contribution in [3.63, 3.8) is 0 Å². The molecule has 1 saturated heterocycles. The molecule has 3 nitrogen and oxygen atoms in total. The van der Waals surface area contributed by atoms with Crippen molar-refractivity contribution in [2.45, 2.75) is 25.3 Å². The number of rotatable bonds is 4. The highest BCUT2D eigenvalue weighted by Gasteiger charge is 2.30. The van der Waals surface area contributed by atoms with Gasteiger partial charge in [-0.2, -0.15) is 0 Å². The minimum Gasteiger partial charge on any atom is -0.506 e. The lowest BCUT2D eigenvalue weighted by Crippen LogP contribution is -2.45. The molecule has 3 rings (SSSR count). The second-order valence-electron chi connectivity index (χ2n) is 5.69. The SMILES string of the molecule is Oc1ccc([C@H](CC2CC2)N2CCNCC2)cc1Cl. The fourth-order valence-electron chi connectivity index (χ4n) is 2.89. The fourth-order valence-corrected chi connectivity index (χ4v) is 3.08. The Morgan fingerprint density at radius 1 is 1.32 bits per heavy atom. The number of nitrogens with one attached hydrogen (secondary N) is 1. The molecular formula is C15H21ClN2O. The van der Waals surface area contributed by atoms with Crippen LogP contribution in [0.3, 0.4) is 0 Å². The van der Waals surface area contributed by atoms with Crippen LogP contribution < -0.4 is 5.32 Å². The molecule has 1 saturated carbocycles. The van der Waals surface area contributed by atoms with Gasteiger partial charge in [-0.15, -0.1) is 0 Å². The molecule has 1 aromatic rings. The fraction of sp³-hybridized carbons (Fsp3) is 0.600. The Morgan fingerprint density at radius 3 is 2.68 bits per heavy atom. The van der Waals surface area contributed by atoms with E-state index >= 15 is 0 Å². The number of nitrogens with zero attached hydrogens (tertiary/aromatic N) is 1. The van der Waals surface area contributed by atoms with Crippen molar-refractivity contribution in [1.82, 2.24) is 10.2 Å². The Hall–Kier alpha value is -0.770. The lowest BCUT2D eigenvalue weighted by Gasteiger charge is -2.35. The molecule has 19 heavy (non-hydrogen) atoms. The highest BCUT2D eigenvalue weighted by Crippen LogP contribution is 2.41. The van der Waals surface area contributed by atoms with E-state index in [-0.39, 0.29) is 5.75 Å². The van der Waals surface area contributed by atoms with Gasteiger partial charge in [-0.3, -0.25) is 4.90 Å². The van der Waals surface area contributed by atoms with Gasteiger partial charge in [0.05, 0.1) is 5.02 Å². The number of benzene rings is 1. The van der Waals surface area contributed by atoms with E-state index < -0.39 is 0 Å². The summed E-state index contributed by atoms with van der Waals surface area (Å²) in [4.78, 5) is 2.55. The first-order valence-corrected chi connectivity index (χ1v) is 7.55. The van der Waals surface area contributed by atoms with E-state index in [1.807, 2.05) is 12.1 Å². The Labute approximate surface area is 119 Å². The van der Waals surface area contributed by atoms with E-state index in [4.69, 9.17) is 11.6 Å². The lowest BCUT2D eigenvalue weighted by molar-refractivity contribution is 0.160. The van der Waals surface area contributed by atoms with E-state index in [1.54, 1.807) is 6.07 Å². The van der Waals surface area contributed by atoms with Gasteiger partial charge in [-0.25, -0.2) is 0 Å². The molecule has 1 aliphatic heterocycles. The Morgan fingerprint density at radius 2 is 2.05 bits per heavy atom. The predicted octanol–water partition coefficient (Wildman–Crippen LogP) is 2.79. The monoisotopic (exact) mass is 280 g/mol. The summed E-state index contributed by atoms with van der Waals surface area (Å²) in [7, 11) is 0. The van der Waals surface area contributed by atoms with E-state index in [0.29, 0.717) is 11.1 Å². The molecule has 104 valence electrons. The Bertz CT molecular complexity index is 442. The largest absolute Gasteiger partial charge is 0.506 e. The molecule has 0 aromatic heterocycles. The van der Waals surface area contributed by atoms with Crippen LogP contribution in [0.15, 0.2) is 18.2 Å². The predicted molar refractivity (Wildman–Crippen MR) is 77.6 cm³/mol. The second kappa shape index (κ2) is 5.70. The summed E-state index contributed by atoms with van der Waals surface area (Å²) < 4.78 is 0. The van der Waals surface area contributed by atoms with Crippen molar-refractivity contribution in [3.05, 3.63) is 28.8 Å². The maximum absolute atomic E-state index is 9.57. The molecule has 0 amide bonds. The minimum absolute atomic E-state index is 0.177. The molecule has 0 unspecified atom stereocenters. The minimum atomic E-state index is 0.177. The van der Waals surface area contributed by atoms with Crippen LogP contribution >= 0.6 is 11.6 Å². The lowest BCUT2D eigenvalue weighted by atomic mass is 9.98. The molecule has 2 N–H and O–H groups in total. The third-order valence-electron chi connectivity index (χ3n) is 4.20. The normalized spacial score (nSPS) is 22.4. The molecule has 4 heteroatoms. The van der Waals surface area contributed by atoms with Crippen molar-refractivity contribution in [3.8, 4) is 5.75 Å². The standard InChI is InChI=1S/C15H21ClN2O/c16-13-10-12(3-4-15(13)19)14(9-11-1-2-11)18-7-5-17-6-8-18/h3-4,10-11,14,17,19H,1-2,5-9H2/t14-/m0/s1. The van der Waals surface area contributed by atoms with E-state index in [9.17, 15) is 5.11 Å². The third kappa shape index (κ3) is 3.22. The molecular weight excluding hydrogens is 260 g/mol. The highest BCUT2D eigenvalue weighted by molar-refractivity contribution is 6.32. The van der Waals surface area contributed by atoms with Crippen LogP contribution in [-0.4, -0.2) is 36.2 Å². The zero-order valence-electron chi connectivity index (χ0n) is 11.1. The second-order valence-corrected chi connectivity index (χ2v) is 6.10. The van der Waals surface area contributed by atoms with Crippen molar-refractivity contribution in [1.29, 1.82) is 0 Å². The zero-order valence-corrected chi connectivity index (χ0v) is 11.9. The van der Waals surface area contributed by atoms with E-state index in [1.165, 1.54) is 24.8 Å². The van der Waals surface area contributed by atoms with Gasteiger partial charge in [0.1, 0.15) is 5.75 Å². The number of piperazine rings is 1. The zero-order chi connectivity index (χ0) is 13.2. The topological polar surface area (TPSA) is 35.5 Å². The van der Waals surface area contributed by atoms with Crippen molar-refractivity contribution in [2.75, 3.05) is 26.2 Å². The molecule has 1 aliphatic carbocycles. The van der Waals surface area contributed by atoms with Crippen LogP contribution in [0.4, 0.5) is 0 Å². The first-order chi connectivity index (χ1) is 9.24. The molecule has 0 spiro atoms. The van der Waals surface area contributed by atoms with Gasteiger partial charge >= 0.3 is 0 Å². The average Bonchev–Trinajstić information content (AvgIpc) is 3.24. The van der Waals surface area contributed by atoms with E-state index in [0.717, 1.165) is 32.1 Å². The summed E-state index contributed by atoms with van der Waals surface area (Å²) in [6.45, 7) is 4.31. The summed E-state index contributed by atoms with van der Waals surface area (Å²) >= 11 is 6.07. The maximum atomic E-state index is 9.57. The van der Waals surface area contributed by atoms with Gasteiger partial charge in [-0.05, 0) is 30.0 Å². The average molecular weight is 281 g/mol.